The second kappa shape index (κ2) is 2.09. The third kappa shape index (κ3) is 0.832. The Morgan fingerprint density at radius 1 is 1.75 bits per heavy atom. The minimum atomic E-state index is -0.0208. The van der Waals surface area contributed by atoms with Gasteiger partial charge in [0.1, 0.15) is 0 Å². The summed E-state index contributed by atoms with van der Waals surface area (Å²) in [6, 6.07) is 0. The van der Waals surface area contributed by atoms with E-state index < -0.39 is 0 Å². The topological polar surface area (TPSA) is 38.7 Å². The van der Waals surface area contributed by atoms with E-state index in [1.165, 1.54) is 18.4 Å². The molecule has 0 unspecified atom stereocenters. The molecule has 0 saturated heterocycles. The van der Waals surface area contributed by atoms with Crippen molar-refractivity contribution in [2.45, 2.75) is 0 Å². The molecule has 3 heteroatoms. The number of rotatable bonds is 0. The molecule has 0 radical (unpaired) electrons. The van der Waals surface area contributed by atoms with Gasteiger partial charge in [0.15, 0.2) is 5.94 Å². The molecule has 0 amide bonds. The minimum Gasteiger partial charge on any atom is -0.438 e. The summed E-state index contributed by atoms with van der Waals surface area (Å²) >= 11 is 0. The Balaban J connectivity index is 2.80. The number of hydrogen-bond donors (Lipinski definition) is 0. The van der Waals surface area contributed by atoms with Crippen LogP contribution in [0.15, 0.2) is 23.2 Å². The highest BCUT2D eigenvalue weighted by molar-refractivity contribution is 5.74. The molecule has 0 aromatic heterocycles. The highest BCUT2D eigenvalue weighted by atomic mass is 16.5. The molecule has 0 fully saturated rings. The Bertz CT molecular complexity index is 187. The number of aliphatic imine (C=N–C) groups is 1. The molecule has 0 bridgehead atoms. The summed E-state index contributed by atoms with van der Waals surface area (Å²) in [7, 11) is 0. The first-order valence-corrected chi connectivity index (χ1v) is 2.04. The summed E-state index contributed by atoms with van der Waals surface area (Å²) in [6.07, 6.45) is 4.41. The van der Waals surface area contributed by atoms with Gasteiger partial charge in [0.05, 0.1) is 6.26 Å². The fraction of sp³-hybridized carbons (Fsp3) is 0. The van der Waals surface area contributed by atoms with Crippen LogP contribution in [0.2, 0.25) is 0 Å². The maximum Gasteiger partial charge on any atom is 0.306 e. The fourth-order valence-corrected chi connectivity index (χ4v) is 0.330. The predicted octanol–water partition coefficient (Wildman–Crippen LogP) is 0.274. The summed E-state index contributed by atoms with van der Waals surface area (Å²) in [6.45, 7) is 0. The van der Waals surface area contributed by atoms with Crippen LogP contribution in [0.3, 0.4) is 0 Å². The van der Waals surface area contributed by atoms with E-state index >= 15 is 0 Å². The van der Waals surface area contributed by atoms with Gasteiger partial charge in [-0.15, -0.1) is 0 Å². The van der Waals surface area contributed by atoms with E-state index in [1.54, 1.807) is 6.08 Å². The Morgan fingerprint density at radius 3 is 3.00 bits per heavy atom. The van der Waals surface area contributed by atoms with Gasteiger partial charge in [0, 0.05) is 6.21 Å². The van der Waals surface area contributed by atoms with Crippen LogP contribution in [-0.2, 0) is 9.53 Å². The maximum atomic E-state index is 9.73. The predicted molar refractivity (Wildman–Crippen MR) is 27.9 cm³/mol. The number of ether oxygens (including phenoxy) is 1. The SMILES string of the molecule is O=C=C1N=CC=CO1. The van der Waals surface area contributed by atoms with E-state index in [-0.39, 0.29) is 5.88 Å². The average Bonchev–Trinajstić information content (AvgIpc) is 1.90. The molecular weight excluding hydrogens is 106 g/mol. The van der Waals surface area contributed by atoms with Gasteiger partial charge in [0.2, 0.25) is 0 Å². The van der Waals surface area contributed by atoms with E-state index in [0.29, 0.717) is 0 Å². The summed E-state index contributed by atoms with van der Waals surface area (Å²) in [5, 5.41) is 0. The zero-order chi connectivity index (χ0) is 5.82. The zero-order valence-corrected chi connectivity index (χ0v) is 4.00. The van der Waals surface area contributed by atoms with E-state index in [4.69, 9.17) is 0 Å². The van der Waals surface area contributed by atoms with Gasteiger partial charge in [-0.05, 0) is 6.08 Å². The molecule has 0 spiro atoms. The first-order valence-electron chi connectivity index (χ1n) is 2.04. The highest BCUT2D eigenvalue weighted by Crippen LogP contribution is 1.97. The molecule has 1 heterocycles. The van der Waals surface area contributed by atoms with E-state index in [1.807, 2.05) is 0 Å². The molecule has 3 nitrogen and oxygen atoms in total. The Hall–Kier alpha value is -1.34. The van der Waals surface area contributed by atoms with Crippen molar-refractivity contribution in [1.29, 1.82) is 0 Å². The van der Waals surface area contributed by atoms with E-state index in [0.717, 1.165) is 0 Å². The van der Waals surface area contributed by atoms with Crippen molar-refractivity contribution in [1.82, 2.24) is 0 Å². The van der Waals surface area contributed by atoms with Crippen LogP contribution in [-0.4, -0.2) is 12.2 Å². The van der Waals surface area contributed by atoms with Gasteiger partial charge in [-0.1, -0.05) is 0 Å². The second-order valence-electron chi connectivity index (χ2n) is 1.13. The minimum absolute atomic E-state index is 0.0208. The summed E-state index contributed by atoms with van der Waals surface area (Å²) in [4.78, 5) is 13.2. The third-order valence-corrected chi connectivity index (χ3v) is 0.623. The Morgan fingerprint density at radius 2 is 2.62 bits per heavy atom. The second-order valence-corrected chi connectivity index (χ2v) is 1.13. The van der Waals surface area contributed by atoms with Crippen molar-refractivity contribution in [2.75, 3.05) is 0 Å². The van der Waals surface area contributed by atoms with Crippen LogP contribution >= 0.6 is 0 Å². The smallest absolute Gasteiger partial charge is 0.306 e. The van der Waals surface area contributed by atoms with Crippen molar-refractivity contribution in [3.63, 3.8) is 0 Å². The van der Waals surface area contributed by atoms with Crippen molar-refractivity contribution in [3.05, 3.63) is 18.2 Å². The van der Waals surface area contributed by atoms with Gasteiger partial charge in [-0.3, -0.25) is 0 Å². The van der Waals surface area contributed by atoms with Gasteiger partial charge < -0.3 is 4.74 Å². The quantitative estimate of drug-likeness (QED) is 0.419. The molecule has 8 heavy (non-hydrogen) atoms. The summed E-state index contributed by atoms with van der Waals surface area (Å²) in [5.74, 6) is 1.48. The van der Waals surface area contributed by atoms with Gasteiger partial charge >= 0.3 is 5.88 Å². The standard InChI is InChI=1S/C5H3NO2/c7-4-5-6-2-1-3-8-5/h1-3H. The lowest BCUT2D eigenvalue weighted by molar-refractivity contribution is 0.347. The fourth-order valence-electron chi connectivity index (χ4n) is 0.330. The molecule has 1 rings (SSSR count). The van der Waals surface area contributed by atoms with Crippen molar-refractivity contribution in [3.8, 4) is 0 Å². The largest absolute Gasteiger partial charge is 0.438 e. The van der Waals surface area contributed by atoms with Crippen molar-refractivity contribution < 1.29 is 9.53 Å². The van der Waals surface area contributed by atoms with E-state index in [2.05, 4.69) is 9.73 Å². The van der Waals surface area contributed by atoms with Crippen LogP contribution in [0.5, 0.6) is 0 Å². The molecular formula is C5H3NO2. The lowest BCUT2D eigenvalue weighted by atomic mass is 10.6. The summed E-state index contributed by atoms with van der Waals surface area (Å²) in [5.41, 5.74) is 0. The monoisotopic (exact) mass is 109 g/mol. The maximum absolute atomic E-state index is 9.73. The molecule has 1 aliphatic heterocycles. The van der Waals surface area contributed by atoms with Gasteiger partial charge in [-0.25, -0.2) is 9.79 Å². The van der Waals surface area contributed by atoms with Crippen molar-refractivity contribution >= 4 is 12.2 Å². The van der Waals surface area contributed by atoms with Gasteiger partial charge in [0.25, 0.3) is 0 Å². The molecule has 0 aliphatic carbocycles. The Kier molecular flexibility index (Phi) is 1.26. The zero-order valence-electron chi connectivity index (χ0n) is 4.00. The number of nitrogens with zero attached hydrogens (tertiary/aromatic N) is 1. The number of carbonyl (C=O) groups excluding carboxylic acids is 1. The molecule has 0 atom stereocenters. The summed E-state index contributed by atoms with van der Waals surface area (Å²) < 4.78 is 4.54. The average molecular weight is 109 g/mol. The third-order valence-electron chi connectivity index (χ3n) is 0.623. The molecule has 0 N–H and O–H groups in total. The lowest BCUT2D eigenvalue weighted by Gasteiger charge is -1.95. The molecule has 0 aromatic carbocycles. The van der Waals surface area contributed by atoms with Crippen LogP contribution in [0, 0.1) is 0 Å². The molecule has 0 aromatic rings. The van der Waals surface area contributed by atoms with Crippen LogP contribution in [0.4, 0.5) is 0 Å². The first kappa shape index (κ1) is 4.81. The molecule has 0 saturated carbocycles. The normalized spacial score (nSPS) is 15.2. The number of allylic oxidation sites excluding steroid dienone is 1. The highest BCUT2D eigenvalue weighted by Gasteiger charge is 1.92. The number of hydrogen-bond acceptors (Lipinski definition) is 3. The van der Waals surface area contributed by atoms with Crippen LogP contribution in [0.25, 0.3) is 0 Å². The van der Waals surface area contributed by atoms with Gasteiger partial charge in [-0.2, -0.15) is 0 Å². The van der Waals surface area contributed by atoms with Crippen LogP contribution in [0.1, 0.15) is 0 Å². The molecule has 40 valence electrons. The van der Waals surface area contributed by atoms with Crippen molar-refractivity contribution in [2.24, 2.45) is 4.99 Å². The molecule has 1 aliphatic rings. The van der Waals surface area contributed by atoms with Crippen LogP contribution < -0.4 is 0 Å². The first-order chi connectivity index (χ1) is 3.93. The van der Waals surface area contributed by atoms with E-state index in [9.17, 15) is 4.79 Å². The lowest BCUT2D eigenvalue weighted by Crippen LogP contribution is -1.87. The Labute approximate surface area is 46.0 Å².